The average Bonchev–Trinajstić information content (AvgIpc) is 2.75. The average molecular weight is 210 g/mol. The van der Waals surface area contributed by atoms with Crippen molar-refractivity contribution >= 4 is 22.6 Å². The number of rotatable bonds is 2. The summed E-state index contributed by atoms with van der Waals surface area (Å²) in [6.45, 7) is 1.75. The second-order valence-electron chi connectivity index (χ2n) is 2.46. The molecule has 1 amide bonds. The van der Waals surface area contributed by atoms with Crippen LogP contribution in [0.2, 0.25) is 0 Å². The maximum atomic E-state index is 11.4. The molecule has 7 nitrogen and oxygen atoms in total. The lowest BCUT2D eigenvalue weighted by Crippen LogP contribution is -2.12. The van der Waals surface area contributed by atoms with Gasteiger partial charge in [-0.25, -0.2) is 4.98 Å². The molecule has 0 aromatic carbocycles. The van der Waals surface area contributed by atoms with Crippen molar-refractivity contribution in [3.63, 3.8) is 0 Å². The van der Waals surface area contributed by atoms with E-state index in [1.165, 1.54) is 6.20 Å². The lowest BCUT2D eigenvalue weighted by molar-refractivity contribution is 0.102. The van der Waals surface area contributed by atoms with Gasteiger partial charge in [-0.2, -0.15) is 19.8 Å². The summed E-state index contributed by atoms with van der Waals surface area (Å²) in [5, 5.41) is 12.5. The molecule has 0 aliphatic rings. The molecule has 0 aliphatic heterocycles. The number of carbonyl (C=O) groups excluding carboxylic acids is 1. The zero-order valence-corrected chi connectivity index (χ0v) is 8.00. The number of carbonyl (C=O) groups is 1. The third-order valence-corrected chi connectivity index (χ3v) is 2.12. The minimum Gasteiger partial charge on any atom is -0.295 e. The molecule has 0 bridgehead atoms. The van der Waals surface area contributed by atoms with Crippen molar-refractivity contribution < 1.29 is 4.79 Å². The minimum absolute atomic E-state index is 0.220. The quantitative estimate of drug-likeness (QED) is 0.738. The Kier molecular flexibility index (Phi) is 2.19. The van der Waals surface area contributed by atoms with E-state index in [9.17, 15) is 4.79 Å². The molecule has 0 aliphatic carbocycles. The van der Waals surface area contributed by atoms with Gasteiger partial charge in [0.1, 0.15) is 5.82 Å². The van der Waals surface area contributed by atoms with Gasteiger partial charge in [-0.05, 0) is 6.92 Å². The van der Waals surface area contributed by atoms with E-state index < -0.39 is 0 Å². The van der Waals surface area contributed by atoms with Crippen LogP contribution in [0.3, 0.4) is 0 Å². The molecular weight excluding hydrogens is 204 g/mol. The number of amides is 1. The highest BCUT2D eigenvalue weighted by atomic mass is 32.1. The fraction of sp³-hybridized carbons (Fsp3) is 0.167. The van der Waals surface area contributed by atoms with Gasteiger partial charge in [-0.1, -0.05) is 0 Å². The number of aromatic amines is 1. The Balaban J connectivity index is 2.09. The normalized spacial score (nSPS) is 10.1. The predicted molar refractivity (Wildman–Crippen MR) is 49.0 cm³/mol. The van der Waals surface area contributed by atoms with E-state index in [1.54, 1.807) is 6.92 Å². The van der Waals surface area contributed by atoms with E-state index >= 15 is 0 Å². The van der Waals surface area contributed by atoms with Crippen LogP contribution < -0.4 is 5.32 Å². The molecule has 14 heavy (non-hydrogen) atoms. The fourth-order valence-electron chi connectivity index (χ4n) is 0.820. The van der Waals surface area contributed by atoms with Gasteiger partial charge in [0.05, 0.1) is 6.20 Å². The lowest BCUT2D eigenvalue weighted by Gasteiger charge is -1.94. The maximum Gasteiger partial charge on any atom is 0.279 e. The monoisotopic (exact) mass is 210 g/mol. The summed E-state index contributed by atoms with van der Waals surface area (Å²) in [5.74, 6) is 0.278. The number of H-pyrrole nitrogens is 1. The second-order valence-corrected chi connectivity index (χ2v) is 3.21. The third kappa shape index (κ3) is 1.74. The van der Waals surface area contributed by atoms with Gasteiger partial charge < -0.3 is 0 Å². The number of nitrogens with one attached hydrogen (secondary N) is 2. The highest BCUT2D eigenvalue weighted by Crippen LogP contribution is 2.10. The number of hydrogen-bond donors (Lipinski definition) is 2. The number of nitrogens with zero attached hydrogens (tertiary/aromatic N) is 4. The summed E-state index contributed by atoms with van der Waals surface area (Å²) in [7, 11) is 0. The van der Waals surface area contributed by atoms with Crippen LogP contribution in [0.1, 0.15) is 16.3 Å². The van der Waals surface area contributed by atoms with E-state index in [4.69, 9.17) is 0 Å². The molecule has 2 rings (SSSR count). The smallest absolute Gasteiger partial charge is 0.279 e. The minimum atomic E-state index is -0.352. The molecule has 0 unspecified atom stereocenters. The SMILES string of the molecule is Cc1nsc(NC(=O)c2cn[nH]n2)n1. The van der Waals surface area contributed by atoms with Gasteiger partial charge in [0, 0.05) is 11.5 Å². The zero-order valence-electron chi connectivity index (χ0n) is 7.18. The van der Waals surface area contributed by atoms with Crippen molar-refractivity contribution in [3.8, 4) is 0 Å². The zero-order chi connectivity index (χ0) is 9.97. The molecule has 0 radical (unpaired) electrons. The Morgan fingerprint density at radius 3 is 3.07 bits per heavy atom. The lowest BCUT2D eigenvalue weighted by atomic mass is 10.4. The summed E-state index contributed by atoms with van der Waals surface area (Å²) < 4.78 is 3.92. The van der Waals surface area contributed by atoms with Crippen LogP contribution in [0.15, 0.2) is 6.20 Å². The summed E-state index contributed by atoms with van der Waals surface area (Å²) in [6.07, 6.45) is 1.34. The van der Waals surface area contributed by atoms with E-state index in [-0.39, 0.29) is 11.6 Å². The first-order valence-corrected chi connectivity index (χ1v) is 4.50. The molecule has 2 heterocycles. The van der Waals surface area contributed by atoms with E-state index in [0.29, 0.717) is 11.0 Å². The molecule has 0 saturated carbocycles. The largest absolute Gasteiger partial charge is 0.295 e. The molecule has 2 aromatic heterocycles. The Hall–Kier alpha value is -1.83. The summed E-state index contributed by atoms with van der Waals surface area (Å²) in [5.41, 5.74) is 0.220. The molecule has 2 aromatic rings. The van der Waals surface area contributed by atoms with Gasteiger partial charge in [0.15, 0.2) is 5.69 Å². The topological polar surface area (TPSA) is 96.5 Å². The van der Waals surface area contributed by atoms with Crippen molar-refractivity contribution in [3.05, 3.63) is 17.7 Å². The first-order valence-electron chi connectivity index (χ1n) is 3.73. The van der Waals surface area contributed by atoms with Crippen molar-refractivity contribution in [1.82, 2.24) is 24.8 Å². The predicted octanol–water partition coefficient (Wildman–Crippen LogP) is 0.217. The van der Waals surface area contributed by atoms with E-state index in [1.807, 2.05) is 0 Å². The van der Waals surface area contributed by atoms with E-state index in [0.717, 1.165) is 11.5 Å². The van der Waals surface area contributed by atoms with Crippen LogP contribution in [-0.2, 0) is 0 Å². The Bertz CT molecular complexity index is 435. The van der Waals surface area contributed by atoms with Gasteiger partial charge in [0.25, 0.3) is 5.91 Å². The highest BCUT2D eigenvalue weighted by molar-refractivity contribution is 7.09. The molecule has 8 heteroatoms. The second kappa shape index (κ2) is 3.50. The molecule has 0 spiro atoms. The maximum absolute atomic E-state index is 11.4. The summed E-state index contributed by atoms with van der Waals surface area (Å²) in [4.78, 5) is 15.4. The Labute approximate surface area is 82.7 Å². The van der Waals surface area contributed by atoms with Gasteiger partial charge in [-0.15, -0.1) is 0 Å². The highest BCUT2D eigenvalue weighted by Gasteiger charge is 2.10. The van der Waals surface area contributed by atoms with Crippen LogP contribution in [0.4, 0.5) is 5.13 Å². The van der Waals surface area contributed by atoms with Crippen molar-refractivity contribution in [2.75, 3.05) is 5.32 Å². The number of anilines is 1. The van der Waals surface area contributed by atoms with Gasteiger partial charge in [0.2, 0.25) is 5.13 Å². The number of hydrogen-bond acceptors (Lipinski definition) is 6. The number of aromatic nitrogens is 5. The van der Waals surface area contributed by atoms with Crippen LogP contribution in [-0.4, -0.2) is 30.7 Å². The molecule has 0 fully saturated rings. The van der Waals surface area contributed by atoms with Crippen molar-refractivity contribution in [2.24, 2.45) is 0 Å². The first-order chi connectivity index (χ1) is 6.75. The third-order valence-electron chi connectivity index (χ3n) is 1.40. The number of aryl methyl sites for hydroxylation is 1. The molecule has 72 valence electrons. The standard InChI is InChI=1S/C6H6N6OS/c1-3-8-6(14-11-3)9-5(13)4-2-7-12-10-4/h2H,1H3,(H,7,10,12)(H,8,9,11,13). The molecule has 0 saturated heterocycles. The molecule has 0 atom stereocenters. The van der Waals surface area contributed by atoms with Gasteiger partial charge >= 0.3 is 0 Å². The Morgan fingerprint density at radius 1 is 1.64 bits per heavy atom. The van der Waals surface area contributed by atoms with Crippen molar-refractivity contribution in [1.29, 1.82) is 0 Å². The van der Waals surface area contributed by atoms with Gasteiger partial charge in [-0.3, -0.25) is 10.1 Å². The van der Waals surface area contributed by atoms with Crippen molar-refractivity contribution in [2.45, 2.75) is 6.92 Å². The summed E-state index contributed by atoms with van der Waals surface area (Å²) >= 11 is 1.12. The first kappa shape index (κ1) is 8.75. The molecule has 2 N–H and O–H groups in total. The fourth-order valence-corrected chi connectivity index (χ4v) is 1.39. The van der Waals surface area contributed by atoms with E-state index in [2.05, 4.69) is 30.1 Å². The van der Waals surface area contributed by atoms with Crippen LogP contribution >= 0.6 is 11.5 Å². The van der Waals surface area contributed by atoms with Crippen LogP contribution in [0, 0.1) is 6.92 Å². The summed E-state index contributed by atoms with van der Waals surface area (Å²) in [6, 6.07) is 0. The van der Waals surface area contributed by atoms with Crippen LogP contribution in [0.5, 0.6) is 0 Å². The van der Waals surface area contributed by atoms with Crippen LogP contribution in [0.25, 0.3) is 0 Å². The molecular formula is C6H6N6OS. The Morgan fingerprint density at radius 2 is 2.50 bits per heavy atom.